The summed E-state index contributed by atoms with van der Waals surface area (Å²) in [6.45, 7) is 4.22. The molecule has 4 nitrogen and oxygen atoms in total. The van der Waals surface area contributed by atoms with Crippen LogP contribution in [-0.4, -0.2) is 73.9 Å². The maximum Gasteiger partial charge on any atom is 0.0534 e. The van der Waals surface area contributed by atoms with Gasteiger partial charge in [0, 0.05) is 32.1 Å². The van der Waals surface area contributed by atoms with E-state index in [9.17, 15) is 0 Å². The van der Waals surface area contributed by atoms with Gasteiger partial charge in [-0.2, -0.15) is 11.8 Å². The second kappa shape index (κ2) is 29.1. The SMILES string of the molecule is CSCNCCNCSSC.CSCSNCCNCSSC. The van der Waals surface area contributed by atoms with E-state index < -0.39 is 0 Å². The zero-order valence-corrected chi connectivity index (χ0v) is 20.2. The summed E-state index contributed by atoms with van der Waals surface area (Å²) >= 11 is 5.45. The van der Waals surface area contributed by atoms with Gasteiger partial charge in [-0.3, -0.25) is 4.72 Å². The third-order valence-electron chi connectivity index (χ3n) is 1.97. The molecule has 0 radical (unpaired) electrons. The van der Waals surface area contributed by atoms with Crippen LogP contribution in [-0.2, 0) is 0 Å². The van der Waals surface area contributed by atoms with Gasteiger partial charge in [-0.15, -0.1) is 11.8 Å². The van der Waals surface area contributed by atoms with Crippen molar-refractivity contribution in [1.82, 2.24) is 20.7 Å². The predicted octanol–water partition coefficient (Wildman–Crippen LogP) is 3.56. The largest absolute Gasteiger partial charge is 0.307 e. The summed E-state index contributed by atoms with van der Waals surface area (Å²) in [4.78, 5) is 0. The molecular formula is C12H32N4S7. The molecule has 0 saturated carbocycles. The molecule has 0 amide bonds. The van der Waals surface area contributed by atoms with Crippen molar-refractivity contribution in [2.24, 2.45) is 0 Å². The predicted molar refractivity (Wildman–Crippen MR) is 128 cm³/mol. The van der Waals surface area contributed by atoms with Crippen molar-refractivity contribution in [2.75, 3.05) is 73.9 Å². The normalized spacial score (nSPS) is 10.4. The quantitative estimate of drug-likeness (QED) is 0.112. The van der Waals surface area contributed by atoms with Crippen LogP contribution in [0.3, 0.4) is 0 Å². The molecule has 0 unspecified atom stereocenters. The van der Waals surface area contributed by atoms with E-state index in [1.165, 1.54) is 0 Å². The molecule has 0 aromatic heterocycles. The van der Waals surface area contributed by atoms with Crippen LogP contribution in [0.25, 0.3) is 0 Å². The highest BCUT2D eigenvalue weighted by atomic mass is 33.1. The Kier molecular flexibility index (Phi) is 34.8. The van der Waals surface area contributed by atoms with E-state index in [0.717, 1.165) is 48.9 Å². The van der Waals surface area contributed by atoms with Crippen molar-refractivity contribution >= 4 is 78.6 Å². The molecule has 0 rings (SSSR count). The van der Waals surface area contributed by atoms with Gasteiger partial charge in [0.2, 0.25) is 0 Å². The van der Waals surface area contributed by atoms with Crippen molar-refractivity contribution in [1.29, 1.82) is 0 Å². The minimum absolute atomic E-state index is 1.04. The molecule has 23 heavy (non-hydrogen) atoms. The van der Waals surface area contributed by atoms with Gasteiger partial charge in [0.25, 0.3) is 0 Å². The van der Waals surface area contributed by atoms with Crippen molar-refractivity contribution < 1.29 is 0 Å². The van der Waals surface area contributed by atoms with Crippen LogP contribution in [0.5, 0.6) is 0 Å². The van der Waals surface area contributed by atoms with Crippen molar-refractivity contribution in [3.63, 3.8) is 0 Å². The van der Waals surface area contributed by atoms with Crippen LogP contribution in [0.2, 0.25) is 0 Å². The zero-order valence-electron chi connectivity index (χ0n) is 14.5. The first-order valence-electron chi connectivity index (χ1n) is 7.09. The Hall–Kier alpha value is 2.29. The van der Waals surface area contributed by atoms with Gasteiger partial charge in [0.1, 0.15) is 0 Å². The van der Waals surface area contributed by atoms with E-state index in [1.54, 1.807) is 33.5 Å². The number of hydrogen-bond acceptors (Lipinski definition) is 11. The standard InChI is InChI=1S/C6H16N2S4.C6H16N2S3/c1-9-6-11-8-4-3-7-5-12-10-2;1-9-5-7-3-4-8-6-11-10-2/h7-8H,3-6H2,1-2H3;7-8H,3-6H2,1-2H3. The van der Waals surface area contributed by atoms with Crippen LogP contribution in [0.1, 0.15) is 0 Å². The molecular weight excluding hydrogens is 425 g/mol. The second-order valence-corrected chi connectivity index (χ2v) is 11.8. The summed E-state index contributed by atoms with van der Waals surface area (Å²) in [6.07, 6.45) is 8.41. The number of nitrogens with one attached hydrogen (secondary N) is 4. The Morgan fingerprint density at radius 3 is 1.61 bits per heavy atom. The van der Waals surface area contributed by atoms with Gasteiger partial charge in [0.15, 0.2) is 0 Å². The summed E-state index contributed by atoms with van der Waals surface area (Å²) < 4.78 is 3.28. The number of rotatable bonds is 17. The molecule has 0 saturated heterocycles. The summed E-state index contributed by atoms with van der Waals surface area (Å²) in [5.41, 5.74) is 0. The van der Waals surface area contributed by atoms with Crippen LogP contribution < -0.4 is 20.7 Å². The van der Waals surface area contributed by atoms with Crippen molar-refractivity contribution in [2.45, 2.75) is 0 Å². The van der Waals surface area contributed by atoms with Gasteiger partial charge in [0.05, 0.1) is 16.8 Å². The lowest BCUT2D eigenvalue weighted by Gasteiger charge is -2.03. The molecule has 0 aliphatic heterocycles. The van der Waals surface area contributed by atoms with E-state index in [1.807, 2.05) is 45.1 Å². The van der Waals surface area contributed by atoms with E-state index >= 15 is 0 Å². The fourth-order valence-electron chi connectivity index (χ4n) is 1.01. The average Bonchev–Trinajstić information content (AvgIpc) is 2.57. The van der Waals surface area contributed by atoms with Crippen LogP contribution in [0.15, 0.2) is 0 Å². The number of thioether (sulfide) groups is 2. The monoisotopic (exact) mass is 456 g/mol. The lowest BCUT2D eigenvalue weighted by atomic mass is 10.6. The lowest BCUT2D eigenvalue weighted by Crippen LogP contribution is -2.26. The Bertz CT molecular complexity index is 177. The highest BCUT2D eigenvalue weighted by Crippen LogP contribution is 2.14. The molecule has 0 bridgehead atoms. The third kappa shape index (κ3) is 32.4. The summed E-state index contributed by atoms with van der Waals surface area (Å²) in [5, 5.41) is 11.1. The number of hydrogen-bond donors (Lipinski definition) is 4. The molecule has 0 atom stereocenters. The smallest absolute Gasteiger partial charge is 0.0534 e. The maximum absolute atomic E-state index is 3.32. The lowest BCUT2D eigenvalue weighted by molar-refractivity contribution is 0.700. The first kappa shape index (κ1) is 27.5. The molecule has 0 aromatic rings. The molecule has 11 heteroatoms. The molecule has 142 valence electrons. The first-order chi connectivity index (χ1) is 11.3. The van der Waals surface area contributed by atoms with E-state index in [2.05, 4.69) is 45.7 Å². The summed E-state index contributed by atoms with van der Waals surface area (Å²) in [6, 6.07) is 0. The average molecular weight is 457 g/mol. The van der Waals surface area contributed by atoms with Gasteiger partial charge in [-0.1, -0.05) is 55.1 Å². The summed E-state index contributed by atoms with van der Waals surface area (Å²) in [7, 11) is 7.29. The highest BCUT2D eigenvalue weighted by Gasteiger charge is 1.88. The fourth-order valence-corrected chi connectivity index (χ4v) is 4.31. The Balaban J connectivity index is 0. The Morgan fingerprint density at radius 1 is 0.609 bits per heavy atom. The minimum Gasteiger partial charge on any atom is -0.307 e. The molecule has 0 spiro atoms. The molecule has 0 aliphatic rings. The van der Waals surface area contributed by atoms with E-state index in [0.29, 0.717) is 0 Å². The molecule has 0 heterocycles. The first-order valence-corrected chi connectivity index (χ1v) is 16.3. The molecule has 0 fully saturated rings. The van der Waals surface area contributed by atoms with Crippen LogP contribution >= 0.6 is 78.6 Å². The van der Waals surface area contributed by atoms with E-state index in [-0.39, 0.29) is 0 Å². The van der Waals surface area contributed by atoms with Gasteiger partial charge >= 0.3 is 0 Å². The highest BCUT2D eigenvalue weighted by molar-refractivity contribution is 8.76. The third-order valence-corrected chi connectivity index (χ3v) is 7.52. The minimum atomic E-state index is 1.04. The van der Waals surface area contributed by atoms with Crippen molar-refractivity contribution in [3.8, 4) is 0 Å². The molecule has 0 aliphatic carbocycles. The Morgan fingerprint density at radius 2 is 1.13 bits per heavy atom. The van der Waals surface area contributed by atoms with Crippen molar-refractivity contribution in [3.05, 3.63) is 0 Å². The summed E-state index contributed by atoms with van der Waals surface area (Å²) in [5.74, 6) is 3.13. The second-order valence-electron chi connectivity index (χ2n) is 3.74. The van der Waals surface area contributed by atoms with Gasteiger partial charge in [-0.25, -0.2) is 0 Å². The Labute approximate surface area is 172 Å². The fraction of sp³-hybridized carbons (Fsp3) is 1.00. The van der Waals surface area contributed by atoms with Crippen LogP contribution in [0.4, 0.5) is 0 Å². The molecule has 0 aromatic carbocycles. The van der Waals surface area contributed by atoms with Gasteiger partial charge in [-0.05, 0) is 25.0 Å². The van der Waals surface area contributed by atoms with Gasteiger partial charge < -0.3 is 16.0 Å². The van der Waals surface area contributed by atoms with Crippen LogP contribution in [0, 0.1) is 0 Å². The zero-order chi connectivity index (χ0) is 17.4. The van der Waals surface area contributed by atoms with E-state index in [4.69, 9.17) is 0 Å². The molecule has 4 N–H and O–H groups in total. The maximum atomic E-state index is 3.32. The topological polar surface area (TPSA) is 48.1 Å².